The minimum absolute atomic E-state index is 0. The molecule has 0 heterocycles. The Morgan fingerprint density at radius 2 is 2.04 bits per heavy atom. The monoisotopic (exact) mass is 379 g/mol. The summed E-state index contributed by atoms with van der Waals surface area (Å²) >= 11 is 0. The maximum absolute atomic E-state index is 12.3. The molecule has 0 radical (unpaired) electrons. The minimum Gasteiger partial charge on any atom is -0.496 e. The lowest BCUT2D eigenvalue weighted by molar-refractivity contribution is -0.120. The molecule has 0 saturated carbocycles. The molecule has 9 heteroatoms. The number of nitrogens with one attached hydrogen (secondary N) is 2. The van der Waals surface area contributed by atoms with Crippen LogP contribution in [-0.4, -0.2) is 34.0 Å². The van der Waals surface area contributed by atoms with Gasteiger partial charge in [-0.3, -0.25) is 4.79 Å². The molecule has 24 heavy (non-hydrogen) atoms. The molecule has 1 aromatic carbocycles. The predicted octanol–water partition coefficient (Wildman–Crippen LogP) is 1.16. The third-order valence-electron chi connectivity index (χ3n) is 3.25. The number of methoxy groups -OCH3 is 1. The summed E-state index contributed by atoms with van der Waals surface area (Å²) < 4.78 is 32.3. The van der Waals surface area contributed by atoms with E-state index in [-0.39, 0.29) is 42.3 Å². The Morgan fingerprint density at radius 1 is 1.38 bits per heavy atom. The van der Waals surface area contributed by atoms with Gasteiger partial charge in [0.05, 0.1) is 12.0 Å². The average molecular weight is 380 g/mol. The lowest BCUT2D eigenvalue weighted by Gasteiger charge is -2.13. The van der Waals surface area contributed by atoms with Gasteiger partial charge < -0.3 is 15.8 Å². The van der Waals surface area contributed by atoms with Crippen LogP contribution in [-0.2, 0) is 21.4 Å². The Labute approximate surface area is 149 Å². The molecule has 0 saturated heterocycles. The lowest BCUT2D eigenvalue weighted by Crippen LogP contribution is -2.29. The molecule has 4 N–H and O–H groups in total. The molecule has 0 aliphatic rings. The molecule has 1 unspecified atom stereocenters. The Morgan fingerprint density at radius 3 is 2.58 bits per heavy atom. The summed E-state index contributed by atoms with van der Waals surface area (Å²) in [5, 5.41) is 2.71. The number of hydrogen-bond donors (Lipinski definition) is 3. The van der Waals surface area contributed by atoms with Crippen LogP contribution in [0.15, 0.2) is 23.1 Å². The van der Waals surface area contributed by atoms with E-state index in [2.05, 4.69) is 10.0 Å². The van der Waals surface area contributed by atoms with Crippen molar-refractivity contribution in [3.8, 4) is 5.75 Å². The second kappa shape index (κ2) is 10.5. The maximum atomic E-state index is 12.3. The van der Waals surface area contributed by atoms with Crippen LogP contribution in [0.3, 0.4) is 0 Å². The van der Waals surface area contributed by atoms with Crippen LogP contribution in [0.5, 0.6) is 5.75 Å². The first-order valence-corrected chi connectivity index (χ1v) is 8.97. The van der Waals surface area contributed by atoms with Crippen LogP contribution in [0, 0.1) is 0 Å². The second-order valence-electron chi connectivity index (χ2n) is 5.27. The van der Waals surface area contributed by atoms with E-state index in [0.717, 1.165) is 0 Å². The summed E-state index contributed by atoms with van der Waals surface area (Å²) in [7, 11) is -2.13. The van der Waals surface area contributed by atoms with Gasteiger partial charge in [0.15, 0.2) is 0 Å². The lowest BCUT2D eigenvalue weighted by atomic mass is 10.2. The van der Waals surface area contributed by atoms with Crippen molar-refractivity contribution in [3.63, 3.8) is 0 Å². The zero-order valence-electron chi connectivity index (χ0n) is 14.2. The van der Waals surface area contributed by atoms with Crippen molar-refractivity contribution >= 4 is 28.3 Å². The summed E-state index contributed by atoms with van der Waals surface area (Å²) in [5.74, 6) is 0.409. The molecule has 1 aromatic rings. The number of rotatable bonds is 9. The van der Waals surface area contributed by atoms with E-state index in [1.165, 1.54) is 19.2 Å². The van der Waals surface area contributed by atoms with Crippen LogP contribution in [0.1, 0.15) is 32.3 Å². The van der Waals surface area contributed by atoms with Gasteiger partial charge in [-0.2, -0.15) is 0 Å². The van der Waals surface area contributed by atoms with Crippen molar-refractivity contribution in [1.29, 1.82) is 0 Å². The fourth-order valence-electron chi connectivity index (χ4n) is 1.88. The molecule has 0 aromatic heterocycles. The first-order valence-electron chi connectivity index (χ1n) is 7.49. The van der Waals surface area contributed by atoms with Gasteiger partial charge in [-0.1, -0.05) is 6.92 Å². The predicted molar refractivity (Wildman–Crippen MR) is 95.8 cm³/mol. The number of sulfonamides is 1. The molecule has 0 fully saturated rings. The summed E-state index contributed by atoms with van der Waals surface area (Å²) in [6, 6.07) is 4.47. The maximum Gasteiger partial charge on any atom is 0.240 e. The number of hydrogen-bond acceptors (Lipinski definition) is 5. The van der Waals surface area contributed by atoms with Gasteiger partial charge in [0.1, 0.15) is 5.75 Å². The molecule has 1 atom stereocenters. The first kappa shape index (κ1) is 22.6. The molecule has 1 amide bonds. The molecule has 1 rings (SSSR count). The Bertz CT molecular complexity index is 636. The van der Waals surface area contributed by atoms with Crippen LogP contribution in [0.2, 0.25) is 0 Å². The first-order chi connectivity index (χ1) is 10.8. The zero-order valence-corrected chi connectivity index (χ0v) is 15.8. The highest BCUT2D eigenvalue weighted by Gasteiger charge is 2.16. The van der Waals surface area contributed by atoms with E-state index < -0.39 is 10.0 Å². The highest BCUT2D eigenvalue weighted by atomic mass is 35.5. The number of nitrogens with two attached hydrogens (primary N) is 1. The second-order valence-corrected chi connectivity index (χ2v) is 7.03. The van der Waals surface area contributed by atoms with E-state index in [1.54, 1.807) is 13.0 Å². The van der Waals surface area contributed by atoms with Gasteiger partial charge in [-0.25, -0.2) is 13.1 Å². The third-order valence-corrected chi connectivity index (χ3v) is 4.71. The Balaban J connectivity index is 0.00000529. The molecule has 0 bridgehead atoms. The van der Waals surface area contributed by atoms with Gasteiger partial charge >= 0.3 is 0 Å². The standard InChI is InChI=1S/C15H25N3O4S.ClH/c1-4-15(19)17-10-12-9-13(5-6-14(12)22-3)23(20,21)18-8-7-11(2)16;/h5-6,9,11,18H,4,7-8,10,16H2,1-3H3,(H,17,19);1H. The van der Waals surface area contributed by atoms with E-state index in [4.69, 9.17) is 10.5 Å². The van der Waals surface area contributed by atoms with Crippen LogP contribution >= 0.6 is 12.4 Å². The van der Waals surface area contributed by atoms with Gasteiger partial charge in [0.25, 0.3) is 0 Å². The van der Waals surface area contributed by atoms with E-state index in [0.29, 0.717) is 24.2 Å². The molecule has 0 spiro atoms. The van der Waals surface area contributed by atoms with Crippen molar-refractivity contribution in [2.75, 3.05) is 13.7 Å². The molecule has 138 valence electrons. The number of amides is 1. The molecule has 0 aliphatic carbocycles. The van der Waals surface area contributed by atoms with Gasteiger partial charge in [0.2, 0.25) is 15.9 Å². The van der Waals surface area contributed by atoms with Crippen LogP contribution < -0.4 is 20.5 Å². The molecule has 0 aliphatic heterocycles. The normalized spacial score (nSPS) is 12.2. The van der Waals surface area contributed by atoms with Gasteiger partial charge in [0, 0.05) is 31.1 Å². The zero-order chi connectivity index (χ0) is 17.5. The minimum atomic E-state index is -3.62. The van der Waals surface area contributed by atoms with Crippen molar-refractivity contribution in [1.82, 2.24) is 10.0 Å². The van der Waals surface area contributed by atoms with Crippen molar-refractivity contribution < 1.29 is 17.9 Å². The van der Waals surface area contributed by atoms with Crippen molar-refractivity contribution in [3.05, 3.63) is 23.8 Å². The summed E-state index contributed by atoms with van der Waals surface area (Å²) in [6.07, 6.45) is 0.911. The Kier molecular flexibility index (Phi) is 9.91. The number of carbonyl (C=O) groups is 1. The summed E-state index contributed by atoms with van der Waals surface area (Å²) in [5.41, 5.74) is 6.21. The third kappa shape index (κ3) is 7.04. The highest BCUT2D eigenvalue weighted by molar-refractivity contribution is 7.89. The van der Waals surface area contributed by atoms with Crippen molar-refractivity contribution in [2.24, 2.45) is 5.73 Å². The number of carbonyl (C=O) groups excluding carboxylic acids is 1. The summed E-state index contributed by atoms with van der Waals surface area (Å²) in [4.78, 5) is 11.5. The SMILES string of the molecule is CCC(=O)NCc1cc(S(=O)(=O)NCCC(C)N)ccc1OC.Cl. The number of ether oxygens (including phenoxy) is 1. The van der Waals surface area contributed by atoms with E-state index in [9.17, 15) is 13.2 Å². The number of halogens is 1. The van der Waals surface area contributed by atoms with E-state index in [1.807, 2.05) is 6.92 Å². The quantitative estimate of drug-likeness (QED) is 0.596. The fourth-order valence-corrected chi connectivity index (χ4v) is 2.98. The van der Waals surface area contributed by atoms with Crippen LogP contribution in [0.4, 0.5) is 0 Å². The van der Waals surface area contributed by atoms with E-state index >= 15 is 0 Å². The number of benzene rings is 1. The fraction of sp³-hybridized carbons (Fsp3) is 0.533. The molecule has 7 nitrogen and oxygen atoms in total. The Hall–Kier alpha value is -1.35. The molecular formula is C15H26ClN3O4S. The smallest absolute Gasteiger partial charge is 0.240 e. The van der Waals surface area contributed by atoms with Crippen LogP contribution in [0.25, 0.3) is 0 Å². The highest BCUT2D eigenvalue weighted by Crippen LogP contribution is 2.22. The average Bonchev–Trinajstić information content (AvgIpc) is 2.51. The largest absolute Gasteiger partial charge is 0.496 e. The van der Waals surface area contributed by atoms with Crippen molar-refractivity contribution in [2.45, 2.75) is 44.2 Å². The van der Waals surface area contributed by atoms with Gasteiger partial charge in [-0.15, -0.1) is 12.4 Å². The topological polar surface area (TPSA) is 111 Å². The summed E-state index contributed by atoms with van der Waals surface area (Å²) in [6.45, 7) is 4.04. The molecular weight excluding hydrogens is 354 g/mol. The van der Waals surface area contributed by atoms with Gasteiger partial charge in [-0.05, 0) is 31.5 Å².